The van der Waals surface area contributed by atoms with Gasteiger partial charge >= 0.3 is 5.97 Å². The molecule has 0 saturated carbocycles. The molecule has 0 bridgehead atoms. The Morgan fingerprint density at radius 1 is 1.38 bits per heavy atom. The lowest BCUT2D eigenvalue weighted by Crippen LogP contribution is -2.29. The molecular weight excluding hydrogens is 415 g/mol. The number of esters is 1. The monoisotopic (exact) mass is 440 g/mol. The molecule has 0 radical (unpaired) electrons. The van der Waals surface area contributed by atoms with Gasteiger partial charge in [-0.15, -0.1) is 11.3 Å². The highest BCUT2D eigenvalue weighted by Gasteiger charge is 2.34. The Hall–Kier alpha value is -1.63. The Morgan fingerprint density at radius 3 is 2.76 bits per heavy atom. The smallest absolute Gasteiger partial charge is 0.340 e. The van der Waals surface area contributed by atoms with Gasteiger partial charge in [-0.3, -0.25) is 0 Å². The summed E-state index contributed by atoms with van der Waals surface area (Å²) in [5.41, 5.74) is 2.07. The van der Waals surface area contributed by atoms with E-state index >= 15 is 0 Å². The van der Waals surface area contributed by atoms with E-state index in [0.717, 1.165) is 23.3 Å². The lowest BCUT2D eigenvalue weighted by atomic mass is 9.94. The number of carbonyl (C=O) groups is 1. The number of hydrogen-bond donors (Lipinski definition) is 0. The average molecular weight is 441 g/mol. The van der Waals surface area contributed by atoms with Crippen molar-refractivity contribution in [2.75, 3.05) is 13.2 Å². The molecule has 1 aromatic carbocycles. The van der Waals surface area contributed by atoms with Gasteiger partial charge in [0.1, 0.15) is 4.34 Å². The number of carbonyl (C=O) groups excluding carboxylic acids is 1. The first-order valence-electron chi connectivity index (χ1n) is 9.71. The molecule has 1 unspecified atom stereocenters. The maximum atomic E-state index is 14.8. The zero-order chi connectivity index (χ0) is 21.3. The van der Waals surface area contributed by atoms with Crippen LogP contribution in [0.25, 0.3) is 11.1 Å². The number of thiophene rings is 1. The van der Waals surface area contributed by atoms with Crippen LogP contribution < -0.4 is 4.74 Å². The fraction of sp³-hybridized carbons (Fsp3) is 0.500. The minimum atomic E-state index is -0.955. The molecule has 158 valence electrons. The van der Waals surface area contributed by atoms with Crippen LogP contribution in [-0.2, 0) is 20.7 Å². The number of hydrogen-bond acceptors (Lipinski definition) is 5. The summed E-state index contributed by atoms with van der Waals surface area (Å²) in [6.07, 6.45) is 0.609. The van der Waals surface area contributed by atoms with Crippen molar-refractivity contribution in [3.63, 3.8) is 0 Å². The molecule has 0 saturated heterocycles. The number of halogens is 2. The van der Waals surface area contributed by atoms with Gasteiger partial charge < -0.3 is 14.2 Å². The first-order valence-corrected chi connectivity index (χ1v) is 10.9. The van der Waals surface area contributed by atoms with Gasteiger partial charge in [-0.25, -0.2) is 9.18 Å². The average Bonchev–Trinajstić information content (AvgIpc) is 2.93. The summed E-state index contributed by atoms with van der Waals surface area (Å²) >= 11 is 7.92. The second kappa shape index (κ2) is 8.62. The van der Waals surface area contributed by atoms with Crippen molar-refractivity contribution in [2.45, 2.75) is 59.2 Å². The van der Waals surface area contributed by atoms with Gasteiger partial charge in [0.05, 0.1) is 18.8 Å². The highest BCUT2D eigenvalue weighted by Crippen LogP contribution is 2.46. The number of ether oxygens (including phenoxy) is 3. The van der Waals surface area contributed by atoms with Crippen molar-refractivity contribution in [3.8, 4) is 16.9 Å². The zero-order valence-electron chi connectivity index (χ0n) is 17.4. The van der Waals surface area contributed by atoms with Crippen LogP contribution >= 0.6 is 22.9 Å². The topological polar surface area (TPSA) is 44.8 Å². The Kier molecular flexibility index (Phi) is 6.56. The van der Waals surface area contributed by atoms with Gasteiger partial charge in [-0.2, -0.15) is 0 Å². The standard InChI is InChI=1S/C22H26ClFO4S/c1-6-26-21(25)19(28-22(3,4)5)16-12(2)29-20(23)17(16)14-10-13-8-7-9-27-18(13)15(24)11-14/h10-11,19H,6-9H2,1-5H3. The van der Waals surface area contributed by atoms with Crippen LogP contribution in [0.15, 0.2) is 12.1 Å². The predicted octanol–water partition coefficient (Wildman–Crippen LogP) is 6.26. The van der Waals surface area contributed by atoms with E-state index < -0.39 is 23.5 Å². The van der Waals surface area contributed by atoms with Crippen LogP contribution in [-0.4, -0.2) is 24.8 Å². The van der Waals surface area contributed by atoms with Gasteiger partial charge in [-0.1, -0.05) is 11.6 Å². The first-order chi connectivity index (χ1) is 13.6. The Labute approximate surface area is 179 Å². The molecule has 2 heterocycles. The summed E-state index contributed by atoms with van der Waals surface area (Å²) in [5, 5.41) is 0. The van der Waals surface area contributed by atoms with Crippen LogP contribution in [0.3, 0.4) is 0 Å². The van der Waals surface area contributed by atoms with Crippen molar-refractivity contribution in [1.82, 2.24) is 0 Å². The summed E-state index contributed by atoms with van der Waals surface area (Å²) in [4.78, 5) is 13.6. The quantitative estimate of drug-likeness (QED) is 0.514. The number of benzene rings is 1. The minimum Gasteiger partial charge on any atom is -0.490 e. The second-order valence-electron chi connectivity index (χ2n) is 7.98. The van der Waals surface area contributed by atoms with E-state index in [1.807, 2.05) is 33.8 Å². The molecule has 1 aliphatic rings. The maximum Gasteiger partial charge on any atom is 0.340 e. The Morgan fingerprint density at radius 2 is 2.10 bits per heavy atom. The lowest BCUT2D eigenvalue weighted by molar-refractivity contribution is -0.166. The molecule has 1 aromatic heterocycles. The van der Waals surface area contributed by atoms with Crippen molar-refractivity contribution in [2.24, 2.45) is 0 Å². The van der Waals surface area contributed by atoms with Crippen LogP contribution in [0, 0.1) is 12.7 Å². The van der Waals surface area contributed by atoms with Gasteiger partial charge in [0.15, 0.2) is 17.7 Å². The molecule has 0 spiro atoms. The molecule has 3 rings (SSSR count). The third kappa shape index (κ3) is 4.76. The van der Waals surface area contributed by atoms with Crippen LogP contribution in [0.1, 0.15) is 56.2 Å². The molecule has 0 fully saturated rings. The first kappa shape index (κ1) is 22.1. The SMILES string of the molecule is CCOC(=O)C(OC(C)(C)C)c1c(C)sc(Cl)c1-c1cc(F)c2c(c1)CCCO2. The largest absolute Gasteiger partial charge is 0.490 e. The van der Waals surface area contributed by atoms with Gasteiger partial charge in [0.2, 0.25) is 0 Å². The molecule has 29 heavy (non-hydrogen) atoms. The third-order valence-electron chi connectivity index (χ3n) is 4.57. The molecular formula is C22H26ClFO4S. The minimum absolute atomic E-state index is 0.236. The molecule has 4 nitrogen and oxygen atoms in total. The summed E-state index contributed by atoms with van der Waals surface area (Å²) in [7, 11) is 0. The predicted molar refractivity (Wildman–Crippen MR) is 113 cm³/mol. The van der Waals surface area contributed by atoms with E-state index in [1.165, 1.54) is 17.4 Å². The highest BCUT2D eigenvalue weighted by atomic mass is 35.5. The normalized spacial score (nSPS) is 14.9. The Balaban J connectivity index is 2.17. The lowest BCUT2D eigenvalue weighted by Gasteiger charge is -2.27. The molecule has 2 aromatic rings. The number of rotatable bonds is 5. The van der Waals surface area contributed by atoms with Crippen molar-refractivity contribution < 1.29 is 23.4 Å². The Bertz CT molecular complexity index is 917. The maximum absolute atomic E-state index is 14.8. The van der Waals surface area contributed by atoms with E-state index in [1.54, 1.807) is 6.92 Å². The van der Waals surface area contributed by atoms with Crippen molar-refractivity contribution >= 4 is 28.9 Å². The van der Waals surface area contributed by atoms with E-state index in [-0.39, 0.29) is 6.61 Å². The molecule has 1 aliphatic heterocycles. The van der Waals surface area contributed by atoms with Crippen molar-refractivity contribution in [3.05, 3.63) is 38.3 Å². The summed E-state index contributed by atoms with van der Waals surface area (Å²) < 4.78 is 32.1. The zero-order valence-corrected chi connectivity index (χ0v) is 18.9. The van der Waals surface area contributed by atoms with E-state index in [2.05, 4.69) is 0 Å². The number of fused-ring (bicyclic) bond motifs is 1. The summed E-state index contributed by atoms with van der Waals surface area (Å²) in [5.74, 6) is -0.604. The second-order valence-corrected chi connectivity index (χ2v) is 9.81. The molecule has 1 atom stereocenters. The molecule has 7 heteroatoms. The molecule has 0 N–H and O–H groups in total. The van der Waals surface area contributed by atoms with E-state index in [4.69, 9.17) is 25.8 Å². The van der Waals surface area contributed by atoms with Gasteiger partial charge in [-0.05, 0) is 70.7 Å². The fourth-order valence-corrected chi connectivity index (χ4v) is 4.96. The molecule has 0 aliphatic carbocycles. The van der Waals surface area contributed by atoms with Gasteiger partial charge in [0, 0.05) is 16.0 Å². The summed E-state index contributed by atoms with van der Waals surface area (Å²) in [6, 6.07) is 3.31. The van der Waals surface area contributed by atoms with Crippen LogP contribution in [0.2, 0.25) is 4.34 Å². The van der Waals surface area contributed by atoms with E-state index in [9.17, 15) is 9.18 Å². The van der Waals surface area contributed by atoms with Crippen LogP contribution in [0.5, 0.6) is 5.75 Å². The highest BCUT2D eigenvalue weighted by molar-refractivity contribution is 7.17. The summed E-state index contributed by atoms with van der Waals surface area (Å²) in [6.45, 7) is 10.00. The third-order valence-corrected chi connectivity index (χ3v) is 5.90. The van der Waals surface area contributed by atoms with Crippen LogP contribution in [0.4, 0.5) is 4.39 Å². The fourth-order valence-electron chi connectivity index (χ4n) is 3.48. The number of aryl methyl sites for hydroxylation is 2. The van der Waals surface area contributed by atoms with Gasteiger partial charge in [0.25, 0.3) is 0 Å². The molecule has 0 amide bonds. The van der Waals surface area contributed by atoms with E-state index in [0.29, 0.717) is 33.4 Å². The van der Waals surface area contributed by atoms with Crippen molar-refractivity contribution in [1.29, 1.82) is 0 Å².